The molecule has 0 bridgehead atoms. The van der Waals surface area contributed by atoms with E-state index < -0.39 is 17.7 Å². The summed E-state index contributed by atoms with van der Waals surface area (Å²) in [7, 11) is 0. The van der Waals surface area contributed by atoms with Gasteiger partial charge in [0, 0.05) is 13.1 Å². The lowest BCUT2D eigenvalue weighted by atomic mass is 10.1. The van der Waals surface area contributed by atoms with Crippen molar-refractivity contribution in [2.75, 3.05) is 31.2 Å². The first kappa shape index (κ1) is 18.2. The van der Waals surface area contributed by atoms with Gasteiger partial charge in [0.15, 0.2) is 0 Å². The number of carbonyl (C=O) groups is 1. The van der Waals surface area contributed by atoms with Gasteiger partial charge in [-0.25, -0.2) is 4.98 Å². The Morgan fingerprint density at radius 1 is 1.15 bits per heavy atom. The van der Waals surface area contributed by atoms with Gasteiger partial charge in [0.05, 0.1) is 30.9 Å². The minimum absolute atomic E-state index is 0.0160. The maximum Gasteiger partial charge on any atom is 0.416 e. The minimum atomic E-state index is -4.53. The quantitative estimate of drug-likeness (QED) is 0.615. The van der Waals surface area contributed by atoms with E-state index in [1.54, 1.807) is 35.2 Å². The van der Waals surface area contributed by atoms with Gasteiger partial charge < -0.3 is 14.4 Å². The number of anilines is 1. The van der Waals surface area contributed by atoms with Crippen LogP contribution >= 0.6 is 0 Å². The topological polar surface area (TPSA) is 51.7 Å². The number of carbonyl (C=O) groups excluding carboxylic acids is 1. The van der Waals surface area contributed by atoms with Gasteiger partial charge in [-0.05, 0) is 24.3 Å². The summed E-state index contributed by atoms with van der Waals surface area (Å²) < 4.78 is 50.0. The fourth-order valence-corrected chi connectivity index (χ4v) is 2.58. The zero-order chi connectivity index (χ0) is 18.6. The number of alkyl halides is 3. The molecule has 1 fully saturated rings. The Kier molecular flexibility index (Phi) is 5.41. The highest BCUT2D eigenvalue weighted by Gasteiger charge is 2.32. The molecule has 0 aliphatic carbocycles. The second kappa shape index (κ2) is 7.74. The Bertz CT molecular complexity index is 760. The lowest BCUT2D eigenvalue weighted by Crippen LogP contribution is -2.37. The van der Waals surface area contributed by atoms with E-state index in [0.29, 0.717) is 32.1 Å². The number of ether oxygens (including phenoxy) is 2. The molecule has 1 aromatic carbocycles. The van der Waals surface area contributed by atoms with Crippen LogP contribution in [0.4, 0.5) is 19.0 Å². The molecule has 0 radical (unpaired) electrons. The highest BCUT2D eigenvalue weighted by Crippen LogP contribution is 2.32. The predicted molar refractivity (Wildman–Crippen MR) is 88.1 cm³/mol. The molecule has 1 aromatic heterocycles. The number of rotatable bonds is 4. The van der Waals surface area contributed by atoms with E-state index in [1.807, 2.05) is 0 Å². The van der Waals surface area contributed by atoms with Crippen LogP contribution in [-0.2, 0) is 22.1 Å². The number of hydrogen-bond donors (Lipinski definition) is 0. The summed E-state index contributed by atoms with van der Waals surface area (Å²) in [6, 6.07) is 10.2. The number of morpholine rings is 1. The molecule has 26 heavy (non-hydrogen) atoms. The van der Waals surface area contributed by atoms with Crippen molar-refractivity contribution in [1.82, 2.24) is 4.98 Å². The zero-order valence-electron chi connectivity index (χ0n) is 13.8. The number of pyridine rings is 1. The first-order valence-electron chi connectivity index (χ1n) is 8.08. The molecule has 8 heteroatoms. The van der Waals surface area contributed by atoms with Crippen molar-refractivity contribution in [2.45, 2.75) is 12.6 Å². The number of nitrogens with zero attached hydrogens (tertiary/aromatic N) is 2. The lowest BCUT2D eigenvalue weighted by molar-refractivity contribution is -0.138. The summed E-state index contributed by atoms with van der Waals surface area (Å²) in [6.07, 6.45) is -4.88. The molecule has 1 saturated heterocycles. The Labute approximate surface area is 148 Å². The minimum Gasteiger partial charge on any atom is -0.426 e. The number of benzene rings is 1. The highest BCUT2D eigenvalue weighted by molar-refractivity contribution is 5.75. The number of para-hydroxylation sites is 1. The first-order chi connectivity index (χ1) is 12.4. The molecule has 5 nitrogen and oxygen atoms in total. The number of halogens is 3. The zero-order valence-corrected chi connectivity index (χ0v) is 13.8. The van der Waals surface area contributed by atoms with Crippen molar-refractivity contribution in [2.24, 2.45) is 0 Å². The molecule has 3 rings (SSSR count). The predicted octanol–water partition coefficient (Wildman–Crippen LogP) is 3.09. The van der Waals surface area contributed by atoms with Crippen LogP contribution in [0, 0.1) is 0 Å². The van der Waals surface area contributed by atoms with Crippen LogP contribution < -0.4 is 9.64 Å². The molecule has 2 aromatic rings. The number of aromatic nitrogens is 1. The third-order valence-corrected chi connectivity index (χ3v) is 3.83. The van der Waals surface area contributed by atoms with Crippen molar-refractivity contribution in [3.05, 3.63) is 53.7 Å². The molecule has 1 aliphatic rings. The van der Waals surface area contributed by atoms with Gasteiger partial charge in [0.2, 0.25) is 0 Å². The molecule has 0 atom stereocenters. The van der Waals surface area contributed by atoms with Crippen molar-refractivity contribution >= 4 is 11.8 Å². The van der Waals surface area contributed by atoms with Gasteiger partial charge in [-0.3, -0.25) is 4.79 Å². The number of hydrogen-bond acceptors (Lipinski definition) is 5. The van der Waals surface area contributed by atoms with Gasteiger partial charge in [-0.1, -0.05) is 18.2 Å². The highest BCUT2D eigenvalue weighted by atomic mass is 19.4. The summed E-state index contributed by atoms with van der Waals surface area (Å²) in [6.45, 7) is 1.73. The van der Waals surface area contributed by atoms with Crippen LogP contribution in [0.1, 0.15) is 11.3 Å². The monoisotopic (exact) mass is 366 g/mol. The van der Waals surface area contributed by atoms with E-state index in [0.717, 1.165) is 12.1 Å². The third kappa shape index (κ3) is 4.72. The van der Waals surface area contributed by atoms with Gasteiger partial charge in [0.25, 0.3) is 0 Å². The Morgan fingerprint density at radius 2 is 1.85 bits per heavy atom. The van der Waals surface area contributed by atoms with E-state index in [2.05, 4.69) is 4.98 Å². The average molecular weight is 366 g/mol. The first-order valence-corrected chi connectivity index (χ1v) is 8.08. The fourth-order valence-electron chi connectivity index (χ4n) is 2.58. The molecule has 1 aliphatic heterocycles. The summed E-state index contributed by atoms with van der Waals surface area (Å²) in [4.78, 5) is 18.0. The second-order valence-corrected chi connectivity index (χ2v) is 5.77. The van der Waals surface area contributed by atoms with E-state index in [-0.39, 0.29) is 17.9 Å². The molecule has 2 heterocycles. The van der Waals surface area contributed by atoms with Gasteiger partial charge >= 0.3 is 12.1 Å². The Morgan fingerprint density at radius 3 is 2.50 bits per heavy atom. The van der Waals surface area contributed by atoms with Crippen LogP contribution in [0.25, 0.3) is 0 Å². The molecule has 0 amide bonds. The molecular formula is C18H17F3N2O3. The number of esters is 1. The molecule has 138 valence electrons. The van der Waals surface area contributed by atoms with E-state index in [1.165, 1.54) is 0 Å². The van der Waals surface area contributed by atoms with E-state index >= 15 is 0 Å². The lowest BCUT2D eigenvalue weighted by Gasteiger charge is -2.28. The van der Waals surface area contributed by atoms with Gasteiger partial charge in [-0.15, -0.1) is 0 Å². The van der Waals surface area contributed by atoms with Crippen LogP contribution in [0.3, 0.4) is 0 Å². The van der Waals surface area contributed by atoms with Crippen molar-refractivity contribution in [3.63, 3.8) is 0 Å². The maximum absolute atomic E-state index is 13.2. The van der Waals surface area contributed by atoms with Crippen LogP contribution in [0.15, 0.2) is 42.5 Å². The van der Waals surface area contributed by atoms with E-state index in [4.69, 9.17) is 9.47 Å². The van der Waals surface area contributed by atoms with E-state index in [9.17, 15) is 18.0 Å². The molecule has 0 unspecified atom stereocenters. The molecule has 0 saturated carbocycles. The summed E-state index contributed by atoms with van der Waals surface area (Å²) in [5.74, 6) is -0.153. The normalized spacial score (nSPS) is 15.0. The van der Waals surface area contributed by atoms with Crippen LogP contribution in [0.5, 0.6) is 5.75 Å². The molecule has 0 N–H and O–H groups in total. The Hall–Kier alpha value is -2.61. The Balaban J connectivity index is 1.81. The second-order valence-electron chi connectivity index (χ2n) is 5.77. The van der Waals surface area contributed by atoms with Gasteiger partial charge in [-0.2, -0.15) is 13.2 Å². The van der Waals surface area contributed by atoms with Crippen molar-refractivity contribution in [3.8, 4) is 5.75 Å². The van der Waals surface area contributed by atoms with Crippen molar-refractivity contribution in [1.29, 1.82) is 0 Å². The van der Waals surface area contributed by atoms with Crippen molar-refractivity contribution < 1.29 is 27.4 Å². The standard InChI is InChI=1S/C18H17F3N2O3/c19-18(20,21)13-10-14(12-17(24)26-15-4-2-1-3-5-15)22-16(11-13)23-6-8-25-9-7-23/h1-5,10-11H,6-9,12H2. The molecular weight excluding hydrogens is 349 g/mol. The fraction of sp³-hybridized carbons (Fsp3) is 0.333. The molecule has 0 spiro atoms. The smallest absolute Gasteiger partial charge is 0.416 e. The third-order valence-electron chi connectivity index (χ3n) is 3.83. The largest absolute Gasteiger partial charge is 0.426 e. The average Bonchev–Trinajstić information content (AvgIpc) is 2.62. The SMILES string of the molecule is O=C(Cc1cc(C(F)(F)F)cc(N2CCOCC2)n1)Oc1ccccc1. The maximum atomic E-state index is 13.2. The van der Waals surface area contributed by atoms with Gasteiger partial charge in [0.1, 0.15) is 11.6 Å². The van der Waals surface area contributed by atoms with Crippen LogP contribution in [0.2, 0.25) is 0 Å². The summed E-state index contributed by atoms with van der Waals surface area (Å²) >= 11 is 0. The summed E-state index contributed by atoms with van der Waals surface area (Å²) in [5.41, 5.74) is -0.821. The summed E-state index contributed by atoms with van der Waals surface area (Å²) in [5, 5.41) is 0. The van der Waals surface area contributed by atoms with Crippen LogP contribution in [-0.4, -0.2) is 37.3 Å².